The highest BCUT2D eigenvalue weighted by atomic mass is 19.3. The van der Waals surface area contributed by atoms with Crippen LogP contribution in [0.15, 0.2) is 30.3 Å². The molecule has 1 fully saturated rings. The lowest BCUT2D eigenvalue weighted by Gasteiger charge is -2.46. The standard InChI is InChI=1S/C19H28F2N4O2/c20-16(21)13-24-18(27)19(12-15-6-2-1-3-7-15)14-23-9-11-25(19)10-5-4-8-17(22)26/h1-3,6-7,16,23H,4-5,8-14H2,(H2,22,26)(H,24,27). The fourth-order valence-corrected chi connectivity index (χ4v) is 3.51. The minimum atomic E-state index is -2.59. The van der Waals surface area contributed by atoms with Crippen LogP contribution in [-0.2, 0) is 16.0 Å². The predicted molar refractivity (Wildman–Crippen MR) is 99.4 cm³/mol. The fraction of sp³-hybridized carbons (Fsp3) is 0.579. The Labute approximate surface area is 158 Å². The zero-order valence-electron chi connectivity index (χ0n) is 15.4. The Morgan fingerprint density at radius 2 is 2.00 bits per heavy atom. The number of carbonyl (C=O) groups excluding carboxylic acids is 2. The fourth-order valence-electron chi connectivity index (χ4n) is 3.51. The Bertz CT molecular complexity index is 615. The summed E-state index contributed by atoms with van der Waals surface area (Å²) in [5.74, 6) is -0.741. The molecule has 0 saturated carbocycles. The van der Waals surface area contributed by atoms with Crippen molar-refractivity contribution in [1.29, 1.82) is 0 Å². The molecule has 2 amide bonds. The van der Waals surface area contributed by atoms with Crippen LogP contribution in [0.1, 0.15) is 24.8 Å². The Kier molecular flexibility index (Phi) is 8.12. The molecule has 6 nitrogen and oxygen atoms in total. The number of halogens is 2. The van der Waals surface area contributed by atoms with Gasteiger partial charge in [0.25, 0.3) is 6.43 Å². The Morgan fingerprint density at radius 1 is 1.26 bits per heavy atom. The zero-order chi connectivity index (χ0) is 19.7. The van der Waals surface area contributed by atoms with Crippen molar-refractivity contribution in [2.75, 3.05) is 32.7 Å². The van der Waals surface area contributed by atoms with E-state index in [0.717, 1.165) is 5.56 Å². The summed E-state index contributed by atoms with van der Waals surface area (Å²) in [7, 11) is 0. The Hall–Kier alpha value is -2.06. The minimum Gasteiger partial charge on any atom is -0.370 e. The first-order chi connectivity index (χ1) is 12.9. The van der Waals surface area contributed by atoms with Crippen molar-refractivity contribution in [2.24, 2.45) is 5.73 Å². The number of rotatable bonds is 10. The van der Waals surface area contributed by atoms with Gasteiger partial charge >= 0.3 is 0 Å². The number of piperazine rings is 1. The number of nitrogens with one attached hydrogen (secondary N) is 2. The summed E-state index contributed by atoms with van der Waals surface area (Å²) in [5, 5.41) is 5.65. The number of unbranched alkanes of at least 4 members (excludes halogenated alkanes) is 1. The third-order valence-electron chi connectivity index (χ3n) is 4.86. The van der Waals surface area contributed by atoms with Crippen LogP contribution in [0.3, 0.4) is 0 Å². The lowest BCUT2D eigenvalue weighted by Crippen LogP contribution is -2.69. The lowest BCUT2D eigenvalue weighted by atomic mass is 9.85. The number of nitrogens with two attached hydrogens (primary N) is 1. The molecule has 0 aliphatic carbocycles. The molecule has 1 aliphatic heterocycles. The molecule has 0 aromatic heterocycles. The molecule has 27 heavy (non-hydrogen) atoms. The van der Waals surface area contributed by atoms with Gasteiger partial charge in [0, 0.05) is 32.5 Å². The van der Waals surface area contributed by atoms with Crippen molar-refractivity contribution in [1.82, 2.24) is 15.5 Å². The van der Waals surface area contributed by atoms with Crippen LogP contribution in [0, 0.1) is 0 Å². The van der Waals surface area contributed by atoms with E-state index < -0.39 is 24.4 Å². The van der Waals surface area contributed by atoms with Gasteiger partial charge in [-0.05, 0) is 24.9 Å². The predicted octanol–water partition coefficient (Wildman–Crippen LogP) is 0.910. The molecule has 1 aromatic rings. The quantitative estimate of drug-likeness (QED) is 0.525. The van der Waals surface area contributed by atoms with E-state index in [9.17, 15) is 18.4 Å². The van der Waals surface area contributed by atoms with Crippen molar-refractivity contribution < 1.29 is 18.4 Å². The van der Waals surface area contributed by atoms with E-state index in [1.54, 1.807) is 0 Å². The lowest BCUT2D eigenvalue weighted by molar-refractivity contribution is -0.136. The topological polar surface area (TPSA) is 87.5 Å². The summed E-state index contributed by atoms with van der Waals surface area (Å²) >= 11 is 0. The third kappa shape index (κ3) is 6.25. The van der Waals surface area contributed by atoms with Crippen molar-refractivity contribution in [2.45, 2.75) is 37.6 Å². The van der Waals surface area contributed by atoms with Gasteiger partial charge in [0.15, 0.2) is 0 Å². The molecule has 1 saturated heterocycles. The maximum atomic E-state index is 13.0. The largest absolute Gasteiger partial charge is 0.370 e. The van der Waals surface area contributed by atoms with Crippen molar-refractivity contribution >= 4 is 11.8 Å². The van der Waals surface area contributed by atoms with Gasteiger partial charge in [-0.2, -0.15) is 0 Å². The Balaban J connectivity index is 2.18. The van der Waals surface area contributed by atoms with E-state index in [-0.39, 0.29) is 5.91 Å². The second-order valence-corrected chi connectivity index (χ2v) is 6.88. The molecule has 1 aliphatic rings. The van der Waals surface area contributed by atoms with E-state index in [4.69, 9.17) is 5.73 Å². The summed E-state index contributed by atoms with van der Waals surface area (Å²) in [5.41, 5.74) is 5.21. The number of carbonyl (C=O) groups is 2. The van der Waals surface area contributed by atoms with Crippen LogP contribution in [0.5, 0.6) is 0 Å². The highest BCUT2D eigenvalue weighted by Crippen LogP contribution is 2.25. The highest BCUT2D eigenvalue weighted by Gasteiger charge is 2.45. The summed E-state index contributed by atoms with van der Waals surface area (Å²) in [6, 6.07) is 9.55. The molecule has 1 aromatic carbocycles. The summed E-state index contributed by atoms with van der Waals surface area (Å²) in [6.45, 7) is 1.67. The number of alkyl halides is 2. The van der Waals surface area contributed by atoms with Crippen LogP contribution in [-0.4, -0.2) is 61.4 Å². The molecule has 1 unspecified atom stereocenters. The van der Waals surface area contributed by atoms with Gasteiger partial charge in [-0.15, -0.1) is 0 Å². The van der Waals surface area contributed by atoms with E-state index in [2.05, 4.69) is 15.5 Å². The van der Waals surface area contributed by atoms with Gasteiger partial charge in [0.05, 0.1) is 6.54 Å². The molecule has 1 heterocycles. The molecule has 0 bridgehead atoms. The minimum absolute atomic E-state index is 0.301. The van der Waals surface area contributed by atoms with Crippen molar-refractivity contribution in [3.05, 3.63) is 35.9 Å². The molecular weight excluding hydrogens is 354 g/mol. The van der Waals surface area contributed by atoms with Crippen LogP contribution in [0.2, 0.25) is 0 Å². The molecule has 150 valence electrons. The van der Waals surface area contributed by atoms with Gasteiger partial charge in [0.1, 0.15) is 5.54 Å². The molecule has 2 rings (SSSR count). The third-order valence-corrected chi connectivity index (χ3v) is 4.86. The second-order valence-electron chi connectivity index (χ2n) is 6.88. The van der Waals surface area contributed by atoms with Gasteiger partial charge in [0.2, 0.25) is 11.8 Å². The molecule has 1 atom stereocenters. The number of hydrogen-bond donors (Lipinski definition) is 3. The zero-order valence-corrected chi connectivity index (χ0v) is 15.4. The van der Waals surface area contributed by atoms with Gasteiger partial charge in [-0.3, -0.25) is 14.5 Å². The average molecular weight is 382 g/mol. The number of hydrogen-bond acceptors (Lipinski definition) is 4. The van der Waals surface area contributed by atoms with Crippen molar-refractivity contribution in [3.8, 4) is 0 Å². The van der Waals surface area contributed by atoms with Gasteiger partial charge in [-0.1, -0.05) is 30.3 Å². The first-order valence-corrected chi connectivity index (χ1v) is 9.28. The summed E-state index contributed by atoms with van der Waals surface area (Å²) in [4.78, 5) is 26.0. The van der Waals surface area contributed by atoms with Crippen LogP contribution in [0.25, 0.3) is 0 Å². The van der Waals surface area contributed by atoms with E-state index in [1.165, 1.54) is 0 Å². The van der Waals surface area contributed by atoms with Crippen molar-refractivity contribution in [3.63, 3.8) is 0 Å². The van der Waals surface area contributed by atoms with E-state index in [1.807, 2.05) is 30.3 Å². The smallest absolute Gasteiger partial charge is 0.255 e. The van der Waals surface area contributed by atoms with Gasteiger partial charge < -0.3 is 16.4 Å². The van der Waals surface area contributed by atoms with Gasteiger partial charge in [-0.25, -0.2) is 8.78 Å². The second kappa shape index (κ2) is 10.3. The molecule has 0 radical (unpaired) electrons. The Morgan fingerprint density at radius 3 is 2.67 bits per heavy atom. The van der Waals surface area contributed by atoms with Crippen LogP contribution < -0.4 is 16.4 Å². The highest BCUT2D eigenvalue weighted by molar-refractivity contribution is 5.87. The molecule has 0 spiro atoms. The maximum absolute atomic E-state index is 13.0. The number of benzene rings is 1. The number of nitrogens with zero attached hydrogens (tertiary/aromatic N) is 1. The van der Waals surface area contributed by atoms with Crippen LogP contribution in [0.4, 0.5) is 8.78 Å². The number of amides is 2. The summed E-state index contributed by atoms with van der Waals surface area (Å²) < 4.78 is 25.3. The monoisotopic (exact) mass is 382 g/mol. The average Bonchev–Trinajstić information content (AvgIpc) is 2.65. The normalized spacial score (nSPS) is 20.6. The molecule has 4 N–H and O–H groups in total. The SMILES string of the molecule is NC(=O)CCCCN1CCNCC1(Cc1ccccc1)C(=O)NCC(F)F. The van der Waals surface area contributed by atoms with Crippen LogP contribution >= 0.6 is 0 Å². The van der Waals surface area contributed by atoms with E-state index in [0.29, 0.717) is 51.9 Å². The first kappa shape index (κ1) is 21.2. The molecular formula is C19H28F2N4O2. The van der Waals surface area contributed by atoms with E-state index >= 15 is 0 Å². The molecule has 8 heteroatoms. The summed E-state index contributed by atoms with van der Waals surface area (Å²) in [6.07, 6.45) is -0.523. The maximum Gasteiger partial charge on any atom is 0.255 e. The number of primary amides is 1. The first-order valence-electron chi connectivity index (χ1n) is 9.28.